The number of nitrogens with two attached hydrogens (primary N) is 1. The summed E-state index contributed by atoms with van der Waals surface area (Å²) in [6.45, 7) is 0.171. The Morgan fingerprint density at radius 1 is 1.07 bits per heavy atom. The average molecular weight is 395 g/mol. The molecule has 0 aliphatic carbocycles. The van der Waals surface area contributed by atoms with Crippen LogP contribution in [0, 0.1) is 5.82 Å². The van der Waals surface area contributed by atoms with Crippen LogP contribution in [-0.2, 0) is 11.3 Å². The van der Waals surface area contributed by atoms with Crippen LogP contribution in [0.4, 0.5) is 10.1 Å². The Hall–Kier alpha value is -3.09. The van der Waals surface area contributed by atoms with Gasteiger partial charge in [-0.05, 0) is 30.3 Å². The summed E-state index contributed by atoms with van der Waals surface area (Å²) in [4.78, 5) is 23.1. The molecule has 2 heterocycles. The quantitative estimate of drug-likeness (QED) is 0.738. The number of amides is 1. The van der Waals surface area contributed by atoms with E-state index in [9.17, 15) is 9.18 Å². The zero-order chi connectivity index (χ0) is 19.7. The second kappa shape index (κ2) is 7.50. The summed E-state index contributed by atoms with van der Waals surface area (Å²) in [7, 11) is 0. The van der Waals surface area contributed by atoms with E-state index in [-0.39, 0.29) is 6.54 Å². The lowest BCUT2D eigenvalue weighted by Gasteiger charge is -2.24. The first-order valence-corrected chi connectivity index (χ1v) is 9.02. The number of benzodiazepines with no additional fused rings is 1. The van der Waals surface area contributed by atoms with Crippen LogP contribution in [0.3, 0.4) is 0 Å². The number of rotatable bonds is 3. The molecule has 0 radical (unpaired) electrons. The molecule has 1 aliphatic heterocycles. The Labute approximate surface area is 166 Å². The lowest BCUT2D eigenvalue weighted by molar-refractivity contribution is -0.119. The molecule has 0 fully saturated rings. The number of hydrogen-bond acceptors (Lipinski definition) is 4. The summed E-state index contributed by atoms with van der Waals surface area (Å²) in [5, 5.41) is 0.521. The average Bonchev–Trinajstić information content (AvgIpc) is 2.79. The summed E-state index contributed by atoms with van der Waals surface area (Å²) in [6, 6.07) is 16.8. The van der Waals surface area contributed by atoms with E-state index in [4.69, 9.17) is 17.3 Å². The van der Waals surface area contributed by atoms with Crippen molar-refractivity contribution in [2.75, 3.05) is 4.90 Å². The highest BCUT2D eigenvalue weighted by molar-refractivity contribution is 6.30. The SMILES string of the molecule is N[C@H]1N=C(c2ccccc2F)c2ccccc2N(Cc2cc(Cl)ccn2)C1=O. The third-order valence-corrected chi connectivity index (χ3v) is 4.70. The van der Waals surface area contributed by atoms with E-state index in [0.29, 0.717) is 33.2 Å². The highest BCUT2D eigenvalue weighted by atomic mass is 35.5. The Balaban J connectivity index is 1.85. The van der Waals surface area contributed by atoms with E-state index in [2.05, 4.69) is 9.98 Å². The van der Waals surface area contributed by atoms with Crippen molar-refractivity contribution in [1.82, 2.24) is 4.98 Å². The predicted molar refractivity (Wildman–Crippen MR) is 107 cm³/mol. The summed E-state index contributed by atoms with van der Waals surface area (Å²) in [5.74, 6) is -0.832. The predicted octanol–water partition coefficient (Wildman–Crippen LogP) is 3.54. The van der Waals surface area contributed by atoms with Crippen LogP contribution in [-0.4, -0.2) is 22.8 Å². The smallest absolute Gasteiger partial charge is 0.266 e. The van der Waals surface area contributed by atoms with Crippen LogP contribution in [0.5, 0.6) is 0 Å². The normalized spacial score (nSPS) is 16.4. The van der Waals surface area contributed by atoms with E-state index in [1.807, 2.05) is 6.07 Å². The second-order valence-corrected chi connectivity index (χ2v) is 6.75. The van der Waals surface area contributed by atoms with Gasteiger partial charge in [0.1, 0.15) is 5.82 Å². The van der Waals surface area contributed by atoms with Crippen molar-refractivity contribution in [2.24, 2.45) is 10.7 Å². The van der Waals surface area contributed by atoms with Crippen molar-refractivity contribution in [3.63, 3.8) is 0 Å². The molecule has 0 unspecified atom stereocenters. The number of carbonyl (C=O) groups excluding carboxylic acids is 1. The van der Waals surface area contributed by atoms with Gasteiger partial charge in [0.25, 0.3) is 5.91 Å². The van der Waals surface area contributed by atoms with Gasteiger partial charge in [-0.15, -0.1) is 0 Å². The molecule has 1 aromatic heterocycles. The standard InChI is InChI=1S/C21H16ClFN4O/c22-13-9-10-25-14(11-13)12-27-18-8-4-2-6-16(18)19(26-20(24)21(27)28)15-5-1-3-7-17(15)23/h1-11,20H,12,24H2/t20-/m0/s1. The first kappa shape index (κ1) is 18.3. The number of benzene rings is 2. The summed E-state index contributed by atoms with van der Waals surface area (Å²) in [6.07, 6.45) is 0.411. The van der Waals surface area contributed by atoms with Crippen LogP contribution < -0.4 is 10.6 Å². The first-order valence-electron chi connectivity index (χ1n) is 8.64. The van der Waals surface area contributed by atoms with Gasteiger partial charge in [-0.3, -0.25) is 14.8 Å². The van der Waals surface area contributed by atoms with E-state index < -0.39 is 17.9 Å². The topological polar surface area (TPSA) is 71.6 Å². The zero-order valence-electron chi connectivity index (χ0n) is 14.7. The van der Waals surface area contributed by atoms with Gasteiger partial charge in [-0.1, -0.05) is 41.9 Å². The maximum absolute atomic E-state index is 14.5. The van der Waals surface area contributed by atoms with Gasteiger partial charge in [0, 0.05) is 22.3 Å². The number of pyridine rings is 1. The van der Waals surface area contributed by atoms with E-state index in [0.717, 1.165) is 0 Å². The fourth-order valence-corrected chi connectivity index (χ4v) is 3.36. The zero-order valence-corrected chi connectivity index (χ0v) is 15.5. The molecule has 4 rings (SSSR count). The Morgan fingerprint density at radius 2 is 1.79 bits per heavy atom. The molecular weight excluding hydrogens is 379 g/mol. The minimum absolute atomic E-state index is 0.171. The molecule has 1 aliphatic rings. The van der Waals surface area contributed by atoms with Crippen LogP contribution in [0.2, 0.25) is 5.02 Å². The number of nitrogens with zero attached hydrogens (tertiary/aromatic N) is 3. The van der Waals surface area contributed by atoms with Gasteiger partial charge in [-0.25, -0.2) is 4.39 Å². The van der Waals surface area contributed by atoms with E-state index in [1.165, 1.54) is 11.0 Å². The molecule has 1 atom stereocenters. The largest absolute Gasteiger partial charge is 0.303 e. The molecule has 28 heavy (non-hydrogen) atoms. The Bertz CT molecular complexity index is 1090. The molecular formula is C21H16ClFN4O. The van der Waals surface area contributed by atoms with Gasteiger partial charge in [0.2, 0.25) is 0 Å². The fraction of sp³-hybridized carbons (Fsp3) is 0.0952. The molecule has 0 bridgehead atoms. The lowest BCUT2D eigenvalue weighted by atomic mass is 9.99. The summed E-state index contributed by atoms with van der Waals surface area (Å²) in [5.41, 5.74) is 8.51. The van der Waals surface area contributed by atoms with Gasteiger partial charge < -0.3 is 10.6 Å². The van der Waals surface area contributed by atoms with Crippen molar-refractivity contribution >= 4 is 28.9 Å². The van der Waals surface area contributed by atoms with Crippen molar-refractivity contribution in [3.8, 4) is 0 Å². The number of aromatic nitrogens is 1. The highest BCUT2D eigenvalue weighted by Crippen LogP contribution is 2.29. The molecule has 5 nitrogen and oxygen atoms in total. The van der Waals surface area contributed by atoms with Crippen molar-refractivity contribution in [2.45, 2.75) is 12.7 Å². The third kappa shape index (κ3) is 3.40. The number of anilines is 1. The number of fused-ring (bicyclic) bond motifs is 1. The molecule has 0 saturated carbocycles. The fourth-order valence-electron chi connectivity index (χ4n) is 3.18. The van der Waals surface area contributed by atoms with Gasteiger partial charge >= 0.3 is 0 Å². The molecule has 7 heteroatoms. The van der Waals surface area contributed by atoms with Crippen LogP contribution in [0.25, 0.3) is 0 Å². The van der Waals surface area contributed by atoms with Gasteiger partial charge in [0.05, 0.1) is 23.6 Å². The molecule has 0 saturated heterocycles. The maximum Gasteiger partial charge on any atom is 0.266 e. The second-order valence-electron chi connectivity index (χ2n) is 6.31. The van der Waals surface area contributed by atoms with Crippen LogP contribution in [0.1, 0.15) is 16.8 Å². The Kier molecular flexibility index (Phi) is 4.90. The Morgan fingerprint density at radius 3 is 2.54 bits per heavy atom. The van der Waals surface area contributed by atoms with Gasteiger partial charge in [-0.2, -0.15) is 0 Å². The van der Waals surface area contributed by atoms with Crippen LogP contribution >= 0.6 is 11.6 Å². The number of aliphatic imine (C=N–C) groups is 1. The minimum atomic E-state index is -1.17. The van der Waals surface area contributed by atoms with Gasteiger partial charge in [0.15, 0.2) is 6.17 Å². The van der Waals surface area contributed by atoms with Crippen molar-refractivity contribution < 1.29 is 9.18 Å². The molecule has 3 aromatic rings. The molecule has 2 aromatic carbocycles. The minimum Gasteiger partial charge on any atom is -0.303 e. The number of carbonyl (C=O) groups is 1. The van der Waals surface area contributed by atoms with Crippen molar-refractivity contribution in [3.05, 3.63) is 94.5 Å². The lowest BCUT2D eigenvalue weighted by Crippen LogP contribution is -2.42. The third-order valence-electron chi connectivity index (χ3n) is 4.46. The van der Waals surface area contributed by atoms with Crippen LogP contribution in [0.15, 0.2) is 71.9 Å². The molecule has 2 N–H and O–H groups in total. The van der Waals surface area contributed by atoms with E-state index >= 15 is 0 Å². The molecule has 140 valence electrons. The van der Waals surface area contributed by atoms with E-state index in [1.54, 1.807) is 54.7 Å². The summed E-state index contributed by atoms with van der Waals surface area (Å²) < 4.78 is 14.5. The monoisotopic (exact) mass is 394 g/mol. The molecule has 1 amide bonds. The summed E-state index contributed by atoms with van der Waals surface area (Å²) >= 11 is 6.05. The first-order chi connectivity index (χ1) is 13.5. The number of hydrogen-bond donors (Lipinski definition) is 1. The number of halogens is 2. The number of para-hydroxylation sites is 1. The highest BCUT2D eigenvalue weighted by Gasteiger charge is 2.30. The van der Waals surface area contributed by atoms with Crippen molar-refractivity contribution in [1.29, 1.82) is 0 Å². The maximum atomic E-state index is 14.5. The molecule has 0 spiro atoms.